The van der Waals surface area contributed by atoms with E-state index >= 15 is 0 Å². The third kappa shape index (κ3) is 2.55. The Morgan fingerprint density at radius 2 is 2.19 bits per heavy atom. The molecule has 1 amide bonds. The van der Waals surface area contributed by atoms with Gasteiger partial charge < -0.3 is 15.0 Å². The molecule has 0 radical (unpaired) electrons. The Morgan fingerprint density at radius 3 is 2.62 bits per heavy atom. The van der Waals surface area contributed by atoms with Crippen LogP contribution in [-0.4, -0.2) is 49.2 Å². The summed E-state index contributed by atoms with van der Waals surface area (Å²) in [5, 5.41) is 3.24. The van der Waals surface area contributed by atoms with Crippen LogP contribution in [0.15, 0.2) is 0 Å². The first-order chi connectivity index (χ1) is 7.68. The van der Waals surface area contributed by atoms with Crippen molar-refractivity contribution in [3.05, 3.63) is 0 Å². The first kappa shape index (κ1) is 11.9. The van der Waals surface area contributed by atoms with Crippen molar-refractivity contribution >= 4 is 5.91 Å². The summed E-state index contributed by atoms with van der Waals surface area (Å²) in [6, 6.07) is 0.719. The van der Waals surface area contributed by atoms with Crippen LogP contribution in [0.3, 0.4) is 0 Å². The molecule has 2 aliphatic heterocycles. The van der Waals surface area contributed by atoms with E-state index in [0.717, 1.165) is 32.7 Å². The SMILES string of the molecule is CC(C)CC(=O)N(C1CNC1)C1CCOC1. The monoisotopic (exact) mass is 226 g/mol. The third-order valence-electron chi connectivity index (χ3n) is 3.32. The normalized spacial score (nSPS) is 25.8. The second kappa shape index (κ2) is 5.15. The molecule has 0 aromatic rings. The highest BCUT2D eigenvalue weighted by atomic mass is 16.5. The summed E-state index contributed by atoms with van der Waals surface area (Å²) in [6.07, 6.45) is 1.66. The molecule has 1 atom stereocenters. The van der Waals surface area contributed by atoms with E-state index in [4.69, 9.17) is 4.74 Å². The second-order valence-corrected chi connectivity index (χ2v) is 5.23. The van der Waals surface area contributed by atoms with Gasteiger partial charge in [0, 0.05) is 26.1 Å². The molecule has 0 saturated carbocycles. The van der Waals surface area contributed by atoms with Gasteiger partial charge in [0.15, 0.2) is 0 Å². The largest absolute Gasteiger partial charge is 0.379 e. The van der Waals surface area contributed by atoms with E-state index < -0.39 is 0 Å². The fourth-order valence-corrected chi connectivity index (χ4v) is 2.37. The molecule has 0 aromatic carbocycles. The molecule has 92 valence electrons. The minimum Gasteiger partial charge on any atom is -0.379 e. The lowest BCUT2D eigenvalue weighted by Crippen LogP contribution is -2.62. The highest BCUT2D eigenvalue weighted by molar-refractivity contribution is 5.77. The number of carbonyl (C=O) groups is 1. The van der Waals surface area contributed by atoms with Crippen LogP contribution in [0.5, 0.6) is 0 Å². The molecule has 0 aliphatic carbocycles. The first-order valence-corrected chi connectivity index (χ1v) is 6.28. The summed E-state index contributed by atoms with van der Waals surface area (Å²) >= 11 is 0. The van der Waals surface area contributed by atoms with Crippen LogP contribution >= 0.6 is 0 Å². The molecular weight excluding hydrogens is 204 g/mol. The molecule has 1 N–H and O–H groups in total. The summed E-state index contributed by atoms with van der Waals surface area (Å²) in [6.45, 7) is 7.61. The van der Waals surface area contributed by atoms with Gasteiger partial charge in [-0.15, -0.1) is 0 Å². The highest BCUT2D eigenvalue weighted by Gasteiger charge is 2.35. The summed E-state index contributed by atoms with van der Waals surface area (Å²) in [7, 11) is 0. The average molecular weight is 226 g/mol. The average Bonchev–Trinajstić information content (AvgIpc) is 2.61. The molecule has 0 aromatic heterocycles. The minimum absolute atomic E-state index is 0.303. The van der Waals surface area contributed by atoms with Crippen molar-refractivity contribution in [3.8, 4) is 0 Å². The molecule has 4 heteroatoms. The van der Waals surface area contributed by atoms with Crippen LogP contribution < -0.4 is 5.32 Å². The molecule has 0 spiro atoms. The van der Waals surface area contributed by atoms with E-state index in [2.05, 4.69) is 24.1 Å². The quantitative estimate of drug-likeness (QED) is 0.764. The van der Waals surface area contributed by atoms with Crippen molar-refractivity contribution in [2.45, 2.75) is 38.8 Å². The van der Waals surface area contributed by atoms with Crippen molar-refractivity contribution in [2.24, 2.45) is 5.92 Å². The maximum atomic E-state index is 12.2. The molecular formula is C12H22N2O2. The van der Waals surface area contributed by atoms with Gasteiger partial charge in [-0.3, -0.25) is 4.79 Å². The topological polar surface area (TPSA) is 41.6 Å². The molecule has 16 heavy (non-hydrogen) atoms. The van der Waals surface area contributed by atoms with Crippen LogP contribution in [0.1, 0.15) is 26.7 Å². The van der Waals surface area contributed by atoms with Gasteiger partial charge in [0.25, 0.3) is 0 Å². The number of carbonyl (C=O) groups excluding carboxylic acids is 1. The van der Waals surface area contributed by atoms with E-state index in [-0.39, 0.29) is 0 Å². The van der Waals surface area contributed by atoms with Crippen molar-refractivity contribution in [1.29, 1.82) is 0 Å². The molecule has 2 saturated heterocycles. The van der Waals surface area contributed by atoms with Gasteiger partial charge in [-0.05, 0) is 12.3 Å². The van der Waals surface area contributed by atoms with Gasteiger partial charge in [-0.2, -0.15) is 0 Å². The molecule has 2 heterocycles. The molecule has 2 fully saturated rings. The maximum absolute atomic E-state index is 12.2. The van der Waals surface area contributed by atoms with Gasteiger partial charge in [0.05, 0.1) is 18.7 Å². The Hall–Kier alpha value is -0.610. The molecule has 1 unspecified atom stereocenters. The zero-order chi connectivity index (χ0) is 11.5. The van der Waals surface area contributed by atoms with E-state index in [1.807, 2.05) is 0 Å². The molecule has 2 rings (SSSR count). The maximum Gasteiger partial charge on any atom is 0.223 e. The standard InChI is InChI=1S/C12H22N2O2/c1-9(2)5-12(15)14(11-6-13-7-11)10-3-4-16-8-10/h9-11,13H,3-8H2,1-2H3. The zero-order valence-corrected chi connectivity index (χ0v) is 10.2. The number of amides is 1. The summed E-state index contributed by atoms with van der Waals surface area (Å²) in [4.78, 5) is 14.3. The number of nitrogens with one attached hydrogen (secondary N) is 1. The lowest BCUT2D eigenvalue weighted by atomic mass is 10.0. The first-order valence-electron chi connectivity index (χ1n) is 6.28. The van der Waals surface area contributed by atoms with Crippen LogP contribution in [0.2, 0.25) is 0 Å². The smallest absolute Gasteiger partial charge is 0.223 e. The van der Waals surface area contributed by atoms with Crippen LogP contribution in [0.4, 0.5) is 0 Å². The predicted molar refractivity (Wildman–Crippen MR) is 62.2 cm³/mol. The molecule has 2 aliphatic rings. The van der Waals surface area contributed by atoms with Crippen molar-refractivity contribution in [3.63, 3.8) is 0 Å². The summed E-state index contributed by atoms with van der Waals surface area (Å²) in [5.41, 5.74) is 0. The van der Waals surface area contributed by atoms with E-state index in [9.17, 15) is 4.79 Å². The fourth-order valence-electron chi connectivity index (χ4n) is 2.37. The Balaban J connectivity index is 1.98. The molecule has 0 bridgehead atoms. The third-order valence-corrected chi connectivity index (χ3v) is 3.32. The Morgan fingerprint density at radius 1 is 1.44 bits per heavy atom. The van der Waals surface area contributed by atoms with E-state index in [0.29, 0.717) is 30.3 Å². The fraction of sp³-hybridized carbons (Fsp3) is 0.917. The number of nitrogens with zero attached hydrogens (tertiary/aromatic N) is 1. The minimum atomic E-state index is 0.303. The Kier molecular flexibility index (Phi) is 3.82. The number of rotatable bonds is 4. The van der Waals surface area contributed by atoms with Crippen molar-refractivity contribution in [2.75, 3.05) is 26.3 Å². The van der Waals surface area contributed by atoms with Gasteiger partial charge >= 0.3 is 0 Å². The predicted octanol–water partition coefficient (Wildman–Crippen LogP) is 0.622. The zero-order valence-electron chi connectivity index (χ0n) is 10.2. The summed E-state index contributed by atoms with van der Waals surface area (Å²) < 4.78 is 5.40. The van der Waals surface area contributed by atoms with Crippen molar-refractivity contribution < 1.29 is 9.53 Å². The van der Waals surface area contributed by atoms with Gasteiger partial charge in [-0.1, -0.05) is 13.8 Å². The van der Waals surface area contributed by atoms with Crippen LogP contribution in [0, 0.1) is 5.92 Å². The Bertz CT molecular complexity index is 245. The summed E-state index contributed by atoms with van der Waals surface area (Å²) in [5.74, 6) is 0.738. The van der Waals surface area contributed by atoms with Crippen molar-refractivity contribution in [1.82, 2.24) is 10.2 Å². The van der Waals surface area contributed by atoms with Crippen LogP contribution in [-0.2, 0) is 9.53 Å². The van der Waals surface area contributed by atoms with E-state index in [1.165, 1.54) is 0 Å². The lowest BCUT2D eigenvalue weighted by Gasteiger charge is -2.41. The highest BCUT2D eigenvalue weighted by Crippen LogP contribution is 2.20. The van der Waals surface area contributed by atoms with Crippen LogP contribution in [0.25, 0.3) is 0 Å². The Labute approximate surface area is 97.3 Å². The molecule has 4 nitrogen and oxygen atoms in total. The number of ether oxygens (including phenoxy) is 1. The van der Waals surface area contributed by atoms with E-state index in [1.54, 1.807) is 0 Å². The lowest BCUT2D eigenvalue weighted by molar-refractivity contribution is -0.138. The van der Waals surface area contributed by atoms with Gasteiger partial charge in [0.1, 0.15) is 0 Å². The second-order valence-electron chi connectivity index (χ2n) is 5.23. The number of hydrogen-bond donors (Lipinski definition) is 1. The number of hydrogen-bond acceptors (Lipinski definition) is 3. The van der Waals surface area contributed by atoms with Gasteiger partial charge in [0.2, 0.25) is 5.91 Å². The van der Waals surface area contributed by atoms with Gasteiger partial charge in [-0.25, -0.2) is 0 Å².